The Morgan fingerprint density at radius 1 is 1.28 bits per heavy atom. The number of nitrogens with zero attached hydrogens (tertiary/aromatic N) is 3. The fraction of sp³-hybridized carbons (Fsp3) is 0.500. The maximum atomic E-state index is 9.81. The summed E-state index contributed by atoms with van der Waals surface area (Å²) < 4.78 is 0. The number of phenolic OH excluding ortho intramolecular Hbond substituents is 1. The first-order chi connectivity index (χ1) is 8.70. The number of para-hydroxylation sites is 2. The van der Waals surface area contributed by atoms with E-state index >= 15 is 0 Å². The predicted octanol–water partition coefficient (Wildman–Crippen LogP) is 1.67. The number of phenols is 1. The quantitative estimate of drug-likeness (QED) is 0.880. The SMILES string of the molecule is C[C@H](C#N)CN1CCN(c2ccccc2O)CC1. The van der Waals surface area contributed by atoms with E-state index in [1.165, 1.54) is 0 Å². The van der Waals surface area contributed by atoms with Gasteiger partial charge in [0.2, 0.25) is 0 Å². The normalized spacial score (nSPS) is 18.3. The van der Waals surface area contributed by atoms with E-state index in [9.17, 15) is 5.11 Å². The summed E-state index contributed by atoms with van der Waals surface area (Å²) in [6, 6.07) is 9.72. The molecule has 1 aliphatic heterocycles. The third-order valence-corrected chi connectivity index (χ3v) is 3.35. The zero-order valence-electron chi connectivity index (χ0n) is 10.7. The molecule has 0 spiro atoms. The molecule has 0 aromatic heterocycles. The van der Waals surface area contributed by atoms with Crippen molar-refractivity contribution in [1.29, 1.82) is 5.26 Å². The van der Waals surface area contributed by atoms with Gasteiger partial charge < -0.3 is 10.0 Å². The topological polar surface area (TPSA) is 50.5 Å². The average molecular weight is 245 g/mol. The molecule has 0 radical (unpaired) electrons. The molecule has 1 aromatic rings. The van der Waals surface area contributed by atoms with Crippen molar-refractivity contribution in [2.24, 2.45) is 5.92 Å². The molecule has 18 heavy (non-hydrogen) atoms. The number of benzene rings is 1. The number of piperazine rings is 1. The van der Waals surface area contributed by atoms with Crippen molar-refractivity contribution in [1.82, 2.24) is 4.90 Å². The molecular weight excluding hydrogens is 226 g/mol. The van der Waals surface area contributed by atoms with Crippen LogP contribution in [0.4, 0.5) is 5.69 Å². The van der Waals surface area contributed by atoms with Crippen molar-refractivity contribution in [3.8, 4) is 11.8 Å². The second kappa shape index (κ2) is 5.74. The number of nitriles is 1. The summed E-state index contributed by atoms with van der Waals surface area (Å²) in [4.78, 5) is 4.51. The lowest BCUT2D eigenvalue weighted by molar-refractivity contribution is 0.241. The van der Waals surface area contributed by atoms with Gasteiger partial charge in [-0.25, -0.2) is 0 Å². The fourth-order valence-electron chi connectivity index (χ4n) is 2.33. The second-order valence-corrected chi connectivity index (χ2v) is 4.81. The number of hydrogen-bond donors (Lipinski definition) is 1. The highest BCUT2D eigenvalue weighted by Gasteiger charge is 2.19. The summed E-state index contributed by atoms with van der Waals surface area (Å²) in [6.07, 6.45) is 0. The minimum Gasteiger partial charge on any atom is -0.506 e. The Hall–Kier alpha value is -1.73. The standard InChI is InChI=1S/C14H19N3O/c1-12(10-15)11-16-6-8-17(9-7-16)13-4-2-3-5-14(13)18/h2-5,12,18H,6-9,11H2,1H3/t12-/m1/s1. The van der Waals surface area contributed by atoms with Crippen LogP contribution in [0.3, 0.4) is 0 Å². The molecule has 1 fully saturated rings. The van der Waals surface area contributed by atoms with Crippen molar-refractivity contribution in [2.75, 3.05) is 37.6 Å². The molecule has 0 amide bonds. The van der Waals surface area contributed by atoms with Crippen LogP contribution in [0.15, 0.2) is 24.3 Å². The zero-order chi connectivity index (χ0) is 13.0. The van der Waals surface area contributed by atoms with Gasteiger partial charge in [-0.2, -0.15) is 5.26 Å². The first-order valence-corrected chi connectivity index (χ1v) is 6.35. The monoisotopic (exact) mass is 245 g/mol. The van der Waals surface area contributed by atoms with Gasteiger partial charge in [0.1, 0.15) is 5.75 Å². The van der Waals surface area contributed by atoms with Gasteiger partial charge in [-0.1, -0.05) is 12.1 Å². The van der Waals surface area contributed by atoms with Crippen LogP contribution >= 0.6 is 0 Å². The van der Waals surface area contributed by atoms with Crippen molar-refractivity contribution in [3.05, 3.63) is 24.3 Å². The van der Waals surface area contributed by atoms with Crippen molar-refractivity contribution in [3.63, 3.8) is 0 Å². The zero-order valence-corrected chi connectivity index (χ0v) is 10.7. The maximum Gasteiger partial charge on any atom is 0.138 e. The Balaban J connectivity index is 1.91. The molecule has 0 saturated carbocycles. The summed E-state index contributed by atoms with van der Waals surface area (Å²) >= 11 is 0. The van der Waals surface area contributed by atoms with Crippen LogP contribution in [0.5, 0.6) is 5.75 Å². The van der Waals surface area contributed by atoms with Gasteiger partial charge >= 0.3 is 0 Å². The minimum absolute atomic E-state index is 0.0849. The number of anilines is 1. The lowest BCUT2D eigenvalue weighted by Gasteiger charge is -2.36. The highest BCUT2D eigenvalue weighted by Crippen LogP contribution is 2.27. The van der Waals surface area contributed by atoms with Crippen LogP contribution in [-0.4, -0.2) is 42.7 Å². The summed E-state index contributed by atoms with van der Waals surface area (Å²) in [5.41, 5.74) is 0.908. The third-order valence-electron chi connectivity index (χ3n) is 3.35. The Labute approximate surface area is 108 Å². The Bertz CT molecular complexity index is 433. The van der Waals surface area contributed by atoms with E-state index in [0.717, 1.165) is 38.4 Å². The van der Waals surface area contributed by atoms with Gasteiger partial charge in [-0.05, 0) is 19.1 Å². The summed E-state index contributed by atoms with van der Waals surface area (Å²) in [6.45, 7) is 6.48. The lowest BCUT2D eigenvalue weighted by Crippen LogP contribution is -2.47. The molecule has 0 aliphatic carbocycles. The molecule has 2 rings (SSSR count). The van der Waals surface area contributed by atoms with Gasteiger partial charge in [0.15, 0.2) is 0 Å². The number of aromatic hydroxyl groups is 1. The molecule has 96 valence electrons. The molecule has 1 aromatic carbocycles. The summed E-state index contributed by atoms with van der Waals surface area (Å²) in [5.74, 6) is 0.429. The highest BCUT2D eigenvalue weighted by atomic mass is 16.3. The van der Waals surface area contributed by atoms with Gasteiger partial charge in [-0.3, -0.25) is 4.90 Å². The third kappa shape index (κ3) is 2.93. The molecule has 1 aliphatic rings. The van der Waals surface area contributed by atoms with E-state index in [-0.39, 0.29) is 5.92 Å². The van der Waals surface area contributed by atoms with Crippen LogP contribution in [0.25, 0.3) is 0 Å². The van der Waals surface area contributed by atoms with Gasteiger partial charge in [0.05, 0.1) is 17.7 Å². The molecule has 1 atom stereocenters. The minimum atomic E-state index is 0.0849. The van der Waals surface area contributed by atoms with Crippen LogP contribution in [0.1, 0.15) is 6.92 Å². The van der Waals surface area contributed by atoms with Crippen LogP contribution in [-0.2, 0) is 0 Å². The van der Waals surface area contributed by atoms with Crippen LogP contribution in [0, 0.1) is 17.2 Å². The predicted molar refractivity (Wildman–Crippen MR) is 71.5 cm³/mol. The van der Waals surface area contributed by atoms with E-state index in [4.69, 9.17) is 5.26 Å². The molecule has 0 unspecified atom stereocenters. The van der Waals surface area contributed by atoms with Crippen LogP contribution < -0.4 is 4.90 Å². The Morgan fingerprint density at radius 3 is 2.56 bits per heavy atom. The fourth-order valence-corrected chi connectivity index (χ4v) is 2.33. The van der Waals surface area contributed by atoms with E-state index in [1.54, 1.807) is 6.07 Å². The molecule has 4 heteroatoms. The smallest absolute Gasteiger partial charge is 0.138 e. The molecule has 1 N–H and O–H groups in total. The van der Waals surface area contributed by atoms with Crippen molar-refractivity contribution < 1.29 is 5.11 Å². The van der Waals surface area contributed by atoms with Gasteiger partial charge in [0, 0.05) is 32.7 Å². The van der Waals surface area contributed by atoms with E-state index in [1.807, 2.05) is 25.1 Å². The van der Waals surface area contributed by atoms with Crippen molar-refractivity contribution >= 4 is 5.69 Å². The van der Waals surface area contributed by atoms with Crippen molar-refractivity contribution in [2.45, 2.75) is 6.92 Å². The van der Waals surface area contributed by atoms with Gasteiger partial charge in [0.25, 0.3) is 0 Å². The highest BCUT2D eigenvalue weighted by molar-refractivity contribution is 5.57. The molecule has 4 nitrogen and oxygen atoms in total. The lowest BCUT2D eigenvalue weighted by atomic mass is 10.1. The van der Waals surface area contributed by atoms with Crippen LogP contribution in [0.2, 0.25) is 0 Å². The summed E-state index contributed by atoms with van der Waals surface area (Å²) in [7, 11) is 0. The molecule has 0 bridgehead atoms. The van der Waals surface area contributed by atoms with E-state index in [0.29, 0.717) is 5.75 Å². The average Bonchev–Trinajstić information content (AvgIpc) is 2.40. The van der Waals surface area contributed by atoms with E-state index < -0.39 is 0 Å². The first-order valence-electron chi connectivity index (χ1n) is 6.35. The Kier molecular flexibility index (Phi) is 4.06. The van der Waals surface area contributed by atoms with Gasteiger partial charge in [-0.15, -0.1) is 0 Å². The Morgan fingerprint density at radius 2 is 1.94 bits per heavy atom. The molecule has 1 saturated heterocycles. The first kappa shape index (κ1) is 12.7. The molecular formula is C14H19N3O. The number of rotatable bonds is 3. The van der Waals surface area contributed by atoms with E-state index in [2.05, 4.69) is 15.9 Å². The second-order valence-electron chi connectivity index (χ2n) is 4.81. The maximum absolute atomic E-state index is 9.81. The number of hydrogen-bond acceptors (Lipinski definition) is 4. The largest absolute Gasteiger partial charge is 0.506 e. The molecule has 1 heterocycles. The summed E-state index contributed by atoms with van der Waals surface area (Å²) in [5, 5.41) is 18.6.